The van der Waals surface area contributed by atoms with Crippen LogP contribution in [0.25, 0.3) is 0 Å². The number of rotatable bonds is 5. The van der Waals surface area contributed by atoms with Gasteiger partial charge in [-0.25, -0.2) is 0 Å². The van der Waals surface area contributed by atoms with Gasteiger partial charge in [0.2, 0.25) is 0 Å². The Morgan fingerprint density at radius 3 is 2.52 bits per heavy atom. The molecule has 1 saturated carbocycles. The molecule has 1 aromatic heterocycles. The van der Waals surface area contributed by atoms with E-state index < -0.39 is 11.4 Å². The second-order valence-corrected chi connectivity index (χ2v) is 6.44. The fourth-order valence-corrected chi connectivity index (χ4v) is 3.38. The Kier molecular flexibility index (Phi) is 5.34. The first-order valence-electron chi connectivity index (χ1n) is 7.86. The summed E-state index contributed by atoms with van der Waals surface area (Å²) in [6, 6.07) is 5.99. The number of aromatic nitrogens is 1. The lowest BCUT2D eigenvalue weighted by Crippen LogP contribution is -2.41. The molecule has 4 nitrogen and oxygen atoms in total. The highest BCUT2D eigenvalue weighted by atomic mass is 16.4. The molecule has 2 rings (SSSR count). The molecule has 0 amide bonds. The Balaban J connectivity index is 2.04. The van der Waals surface area contributed by atoms with Crippen LogP contribution in [0.5, 0.6) is 0 Å². The van der Waals surface area contributed by atoms with Crippen LogP contribution in [0.2, 0.25) is 0 Å². The topological polar surface area (TPSA) is 53.4 Å². The van der Waals surface area contributed by atoms with Crippen molar-refractivity contribution in [2.45, 2.75) is 52.0 Å². The van der Waals surface area contributed by atoms with Crippen LogP contribution in [-0.2, 0) is 11.3 Å². The highest BCUT2D eigenvalue weighted by Gasteiger charge is 2.39. The smallest absolute Gasteiger partial charge is 0.310 e. The molecule has 1 aliphatic carbocycles. The van der Waals surface area contributed by atoms with Gasteiger partial charge in [0.15, 0.2) is 0 Å². The summed E-state index contributed by atoms with van der Waals surface area (Å²) in [6.45, 7) is 3.29. The highest BCUT2D eigenvalue weighted by Crippen LogP contribution is 2.36. The van der Waals surface area contributed by atoms with Crippen molar-refractivity contribution in [2.24, 2.45) is 5.41 Å². The van der Waals surface area contributed by atoms with Crippen LogP contribution in [0.1, 0.15) is 49.9 Å². The summed E-state index contributed by atoms with van der Waals surface area (Å²) in [7, 11) is 2.00. The average molecular weight is 290 g/mol. The maximum absolute atomic E-state index is 11.8. The molecule has 0 saturated heterocycles. The van der Waals surface area contributed by atoms with E-state index in [0.29, 0.717) is 13.1 Å². The maximum Gasteiger partial charge on any atom is 0.310 e. The number of pyridine rings is 1. The molecule has 0 aromatic carbocycles. The Labute approximate surface area is 127 Å². The third-order valence-electron chi connectivity index (χ3n) is 4.46. The molecule has 116 valence electrons. The summed E-state index contributed by atoms with van der Waals surface area (Å²) < 4.78 is 0. The predicted molar refractivity (Wildman–Crippen MR) is 83.1 cm³/mol. The predicted octanol–water partition coefficient (Wildman–Crippen LogP) is 3.25. The number of carboxylic acid groups (broad SMARTS) is 1. The van der Waals surface area contributed by atoms with E-state index in [1.54, 1.807) is 0 Å². The number of aliphatic carboxylic acids is 1. The van der Waals surface area contributed by atoms with Crippen molar-refractivity contribution >= 4 is 5.97 Å². The van der Waals surface area contributed by atoms with Crippen LogP contribution in [0.15, 0.2) is 18.2 Å². The lowest BCUT2D eigenvalue weighted by atomic mass is 9.80. The van der Waals surface area contributed by atoms with Gasteiger partial charge >= 0.3 is 5.97 Å². The molecule has 21 heavy (non-hydrogen) atoms. The standard InChI is InChI=1S/C17H26N2O2/c1-14-8-7-9-15(18-14)12-19(2)13-17(16(20)21)10-5-3-4-6-11-17/h7-9H,3-6,10-13H2,1-2H3,(H,20,21). The van der Waals surface area contributed by atoms with E-state index in [4.69, 9.17) is 0 Å². The fraction of sp³-hybridized carbons (Fsp3) is 0.647. The van der Waals surface area contributed by atoms with E-state index in [2.05, 4.69) is 9.88 Å². The molecule has 1 aliphatic rings. The summed E-state index contributed by atoms with van der Waals surface area (Å²) in [4.78, 5) is 18.4. The summed E-state index contributed by atoms with van der Waals surface area (Å²) in [6.07, 6.45) is 5.99. The zero-order valence-electron chi connectivity index (χ0n) is 13.1. The normalized spacial score (nSPS) is 18.4. The molecular weight excluding hydrogens is 264 g/mol. The maximum atomic E-state index is 11.8. The van der Waals surface area contributed by atoms with Gasteiger partial charge in [0.1, 0.15) is 0 Å². The number of carboxylic acids is 1. The first kappa shape index (κ1) is 16.0. The molecule has 0 unspecified atom stereocenters. The molecule has 1 aromatic rings. The minimum atomic E-state index is -0.631. The molecule has 1 heterocycles. The van der Waals surface area contributed by atoms with Gasteiger partial charge in [0.05, 0.1) is 11.1 Å². The summed E-state index contributed by atoms with van der Waals surface area (Å²) >= 11 is 0. The monoisotopic (exact) mass is 290 g/mol. The molecule has 0 atom stereocenters. The Hall–Kier alpha value is -1.42. The van der Waals surface area contributed by atoms with Gasteiger partial charge in [-0.3, -0.25) is 14.7 Å². The first-order chi connectivity index (χ1) is 10.0. The lowest BCUT2D eigenvalue weighted by Gasteiger charge is -2.32. The molecule has 1 N–H and O–H groups in total. The van der Waals surface area contributed by atoms with E-state index in [-0.39, 0.29) is 0 Å². The van der Waals surface area contributed by atoms with E-state index in [0.717, 1.165) is 49.9 Å². The van der Waals surface area contributed by atoms with Crippen molar-refractivity contribution in [3.8, 4) is 0 Å². The summed E-state index contributed by atoms with van der Waals surface area (Å²) in [5.41, 5.74) is 1.43. The van der Waals surface area contributed by atoms with E-state index in [1.165, 1.54) is 0 Å². The van der Waals surface area contributed by atoms with E-state index in [1.807, 2.05) is 32.2 Å². The first-order valence-corrected chi connectivity index (χ1v) is 7.86. The van der Waals surface area contributed by atoms with Crippen molar-refractivity contribution in [3.05, 3.63) is 29.6 Å². The van der Waals surface area contributed by atoms with Gasteiger partial charge in [-0.2, -0.15) is 0 Å². The van der Waals surface area contributed by atoms with Gasteiger partial charge in [-0.1, -0.05) is 31.7 Å². The molecule has 1 fully saturated rings. The number of nitrogens with zero attached hydrogens (tertiary/aromatic N) is 2. The van der Waals surface area contributed by atoms with Crippen LogP contribution >= 0.6 is 0 Å². The molecule has 0 radical (unpaired) electrons. The van der Waals surface area contributed by atoms with Crippen molar-refractivity contribution in [1.82, 2.24) is 9.88 Å². The minimum absolute atomic E-state index is 0.574. The third-order valence-corrected chi connectivity index (χ3v) is 4.46. The highest BCUT2D eigenvalue weighted by molar-refractivity contribution is 5.75. The van der Waals surface area contributed by atoms with E-state index in [9.17, 15) is 9.90 Å². The molecule has 0 bridgehead atoms. The number of hydrogen-bond donors (Lipinski definition) is 1. The van der Waals surface area contributed by atoms with Crippen molar-refractivity contribution in [3.63, 3.8) is 0 Å². The zero-order valence-corrected chi connectivity index (χ0v) is 13.1. The van der Waals surface area contributed by atoms with Crippen LogP contribution in [0.4, 0.5) is 0 Å². The summed E-state index contributed by atoms with van der Waals surface area (Å²) in [5, 5.41) is 9.73. The second-order valence-electron chi connectivity index (χ2n) is 6.44. The van der Waals surface area contributed by atoms with Crippen molar-refractivity contribution in [2.75, 3.05) is 13.6 Å². The second kappa shape index (κ2) is 7.03. The molecular formula is C17H26N2O2. The molecule has 4 heteroatoms. The van der Waals surface area contributed by atoms with Gasteiger partial charge in [-0.15, -0.1) is 0 Å². The largest absolute Gasteiger partial charge is 0.481 e. The van der Waals surface area contributed by atoms with Gasteiger partial charge in [0.25, 0.3) is 0 Å². The van der Waals surface area contributed by atoms with Crippen LogP contribution in [0, 0.1) is 12.3 Å². The molecule has 0 aliphatic heterocycles. The zero-order chi connectivity index (χ0) is 15.3. The van der Waals surface area contributed by atoms with Crippen molar-refractivity contribution in [1.29, 1.82) is 0 Å². The van der Waals surface area contributed by atoms with Crippen molar-refractivity contribution < 1.29 is 9.90 Å². The Morgan fingerprint density at radius 1 is 1.29 bits per heavy atom. The third kappa shape index (κ3) is 4.27. The number of hydrogen-bond acceptors (Lipinski definition) is 3. The van der Waals surface area contributed by atoms with Crippen LogP contribution in [-0.4, -0.2) is 34.6 Å². The SMILES string of the molecule is Cc1cccc(CN(C)CC2(C(=O)O)CCCCCC2)n1. The minimum Gasteiger partial charge on any atom is -0.481 e. The van der Waals surface area contributed by atoms with E-state index >= 15 is 0 Å². The van der Waals surface area contributed by atoms with Gasteiger partial charge in [-0.05, 0) is 38.9 Å². The van der Waals surface area contributed by atoms with Crippen LogP contribution in [0.3, 0.4) is 0 Å². The lowest BCUT2D eigenvalue weighted by molar-refractivity contribution is -0.151. The number of aryl methyl sites for hydroxylation is 1. The fourth-order valence-electron chi connectivity index (χ4n) is 3.38. The van der Waals surface area contributed by atoms with Gasteiger partial charge < -0.3 is 5.11 Å². The Morgan fingerprint density at radius 2 is 1.95 bits per heavy atom. The van der Waals surface area contributed by atoms with Crippen LogP contribution < -0.4 is 0 Å². The Bertz CT molecular complexity index is 479. The molecule has 0 spiro atoms. The average Bonchev–Trinajstić information content (AvgIpc) is 2.65. The number of carbonyl (C=O) groups is 1. The van der Waals surface area contributed by atoms with Gasteiger partial charge in [0, 0.05) is 18.8 Å². The summed E-state index contributed by atoms with van der Waals surface area (Å²) in [5.74, 6) is -0.631. The quantitative estimate of drug-likeness (QED) is 0.846.